The number of nitrogens with one attached hydrogen (secondary N) is 1. The largest absolute Gasteiger partial charge is 0.354 e. The van der Waals surface area contributed by atoms with Gasteiger partial charge in [0.2, 0.25) is 0 Å². The molecule has 0 radical (unpaired) electrons. The van der Waals surface area contributed by atoms with Crippen molar-refractivity contribution >= 4 is 17.4 Å². The lowest BCUT2D eigenvalue weighted by atomic mass is 10.1. The molecule has 0 spiro atoms. The van der Waals surface area contributed by atoms with Gasteiger partial charge in [-0.3, -0.25) is 4.90 Å². The first kappa shape index (κ1) is 9.39. The van der Waals surface area contributed by atoms with Gasteiger partial charge in [0.1, 0.15) is 11.0 Å². The molecule has 1 unspecified atom stereocenters. The van der Waals surface area contributed by atoms with Gasteiger partial charge in [-0.2, -0.15) is 0 Å². The molecule has 1 saturated heterocycles. The number of pyridine rings is 1. The molecule has 4 nitrogen and oxygen atoms in total. The zero-order valence-corrected chi connectivity index (χ0v) is 9.04. The van der Waals surface area contributed by atoms with Crippen LogP contribution < -0.4 is 11.1 Å². The first-order chi connectivity index (χ1) is 7.22. The zero-order chi connectivity index (χ0) is 10.4. The van der Waals surface area contributed by atoms with Crippen molar-refractivity contribution in [2.45, 2.75) is 18.6 Å². The Bertz CT molecular complexity index is 389. The minimum atomic E-state index is 0.340. The van der Waals surface area contributed by atoms with Crippen LogP contribution in [0, 0.1) is 0 Å². The number of nitrogens with two attached hydrogens (primary N) is 1. The van der Waals surface area contributed by atoms with Crippen LogP contribution in [-0.2, 0) is 6.42 Å². The molecule has 0 bridgehead atoms. The van der Waals surface area contributed by atoms with E-state index >= 15 is 0 Å². The van der Waals surface area contributed by atoms with E-state index in [2.05, 4.69) is 15.2 Å². The summed E-state index contributed by atoms with van der Waals surface area (Å²) in [6.45, 7) is 1.94. The van der Waals surface area contributed by atoms with Crippen LogP contribution in [0.1, 0.15) is 5.56 Å². The van der Waals surface area contributed by atoms with E-state index in [1.807, 2.05) is 12.1 Å². The second-order valence-corrected chi connectivity index (χ2v) is 4.61. The summed E-state index contributed by atoms with van der Waals surface area (Å²) in [6.07, 6.45) is 1.34. The van der Waals surface area contributed by atoms with Gasteiger partial charge in [0.15, 0.2) is 0 Å². The van der Waals surface area contributed by atoms with Crippen molar-refractivity contribution in [1.82, 2.24) is 9.88 Å². The van der Waals surface area contributed by atoms with Crippen LogP contribution >= 0.6 is 11.6 Å². The van der Waals surface area contributed by atoms with Crippen molar-refractivity contribution in [3.63, 3.8) is 0 Å². The molecule has 0 aromatic carbocycles. The number of hydrogen-bond acceptors (Lipinski definition) is 4. The lowest BCUT2D eigenvalue weighted by Crippen LogP contribution is -2.60. The van der Waals surface area contributed by atoms with Crippen molar-refractivity contribution < 1.29 is 0 Å². The number of nitrogens with zero attached hydrogens (tertiary/aromatic N) is 2. The second-order valence-electron chi connectivity index (χ2n) is 4.22. The maximum atomic E-state index is 5.84. The van der Waals surface area contributed by atoms with E-state index in [0.29, 0.717) is 17.4 Å². The topological polar surface area (TPSA) is 54.2 Å². The molecule has 3 heterocycles. The van der Waals surface area contributed by atoms with Crippen LogP contribution in [0.5, 0.6) is 0 Å². The average molecular weight is 225 g/mol. The molecule has 2 aliphatic heterocycles. The number of rotatable bonds is 1. The quantitative estimate of drug-likeness (QED) is 0.689. The molecule has 5 heteroatoms. The molecule has 1 atom stereocenters. The molecular formula is C10H13ClN4. The van der Waals surface area contributed by atoms with Gasteiger partial charge >= 0.3 is 0 Å². The normalized spacial score (nSPS) is 25.9. The van der Waals surface area contributed by atoms with Crippen LogP contribution in [0.2, 0.25) is 5.15 Å². The average Bonchev–Trinajstić information content (AvgIpc) is 2.55. The zero-order valence-electron chi connectivity index (χ0n) is 8.28. The summed E-state index contributed by atoms with van der Waals surface area (Å²) >= 11 is 5.84. The smallest absolute Gasteiger partial charge is 0.132 e. The third kappa shape index (κ3) is 1.58. The number of likely N-dealkylation sites (tertiary alicyclic amines) is 1. The Morgan fingerprint density at radius 3 is 3.00 bits per heavy atom. The Labute approximate surface area is 93.4 Å². The van der Waals surface area contributed by atoms with Crippen molar-refractivity contribution in [3.8, 4) is 0 Å². The number of halogens is 1. The van der Waals surface area contributed by atoms with Crippen molar-refractivity contribution in [2.75, 3.05) is 18.4 Å². The first-order valence-electron chi connectivity index (χ1n) is 5.14. The maximum Gasteiger partial charge on any atom is 0.132 e. The molecular weight excluding hydrogens is 212 g/mol. The Hall–Kier alpha value is -0.840. The van der Waals surface area contributed by atoms with Crippen LogP contribution in [0.15, 0.2) is 12.1 Å². The summed E-state index contributed by atoms with van der Waals surface area (Å²) in [5.41, 5.74) is 7.00. The standard InChI is InChI=1S/C10H13ClN4/c11-8-2-1-6-3-9(14-10(6)13-8)15-4-7(12)5-15/h1-2,7,9H,3-5,12H2,(H,13,14). The highest BCUT2D eigenvalue weighted by molar-refractivity contribution is 6.29. The molecule has 3 rings (SSSR count). The molecule has 80 valence electrons. The fourth-order valence-electron chi connectivity index (χ4n) is 2.19. The molecule has 1 aromatic heterocycles. The summed E-state index contributed by atoms with van der Waals surface area (Å²) in [5, 5.41) is 3.92. The Morgan fingerprint density at radius 2 is 2.27 bits per heavy atom. The third-order valence-corrected chi connectivity index (χ3v) is 3.25. The van der Waals surface area contributed by atoms with Crippen LogP contribution in [0.3, 0.4) is 0 Å². The highest BCUT2D eigenvalue weighted by atomic mass is 35.5. The summed E-state index contributed by atoms with van der Waals surface area (Å²) in [6, 6.07) is 4.22. The van der Waals surface area contributed by atoms with E-state index < -0.39 is 0 Å². The molecule has 3 N–H and O–H groups in total. The number of aromatic nitrogens is 1. The van der Waals surface area contributed by atoms with Gasteiger partial charge in [0, 0.05) is 25.6 Å². The van der Waals surface area contributed by atoms with Gasteiger partial charge in [0.25, 0.3) is 0 Å². The fourth-order valence-corrected chi connectivity index (χ4v) is 2.34. The predicted molar refractivity (Wildman–Crippen MR) is 59.9 cm³/mol. The Balaban J connectivity index is 1.75. The van der Waals surface area contributed by atoms with E-state index in [1.54, 1.807) is 0 Å². The van der Waals surface area contributed by atoms with E-state index in [1.165, 1.54) is 5.56 Å². The van der Waals surface area contributed by atoms with Crippen molar-refractivity contribution in [2.24, 2.45) is 5.73 Å². The molecule has 1 fully saturated rings. The first-order valence-corrected chi connectivity index (χ1v) is 5.52. The summed E-state index contributed by atoms with van der Waals surface area (Å²) in [7, 11) is 0. The van der Waals surface area contributed by atoms with Crippen molar-refractivity contribution in [1.29, 1.82) is 0 Å². The highest BCUT2D eigenvalue weighted by Crippen LogP contribution is 2.28. The minimum Gasteiger partial charge on any atom is -0.354 e. The van der Waals surface area contributed by atoms with Crippen LogP contribution in [0.4, 0.5) is 5.82 Å². The number of hydrogen-bond donors (Lipinski definition) is 2. The maximum absolute atomic E-state index is 5.84. The molecule has 15 heavy (non-hydrogen) atoms. The third-order valence-electron chi connectivity index (χ3n) is 3.04. The van der Waals surface area contributed by atoms with E-state index in [9.17, 15) is 0 Å². The van der Waals surface area contributed by atoms with E-state index in [4.69, 9.17) is 17.3 Å². The van der Waals surface area contributed by atoms with Gasteiger partial charge in [-0.05, 0) is 11.6 Å². The summed E-state index contributed by atoms with van der Waals surface area (Å²) in [4.78, 5) is 6.59. The monoisotopic (exact) mass is 224 g/mol. The van der Waals surface area contributed by atoms with Crippen LogP contribution in [0.25, 0.3) is 0 Å². The lowest BCUT2D eigenvalue weighted by molar-refractivity contribution is 0.111. The number of fused-ring (bicyclic) bond motifs is 1. The number of anilines is 1. The SMILES string of the molecule is NC1CN(C2Cc3ccc(Cl)nc3N2)C1. The van der Waals surface area contributed by atoms with E-state index in [0.717, 1.165) is 25.3 Å². The van der Waals surface area contributed by atoms with Crippen LogP contribution in [-0.4, -0.2) is 35.2 Å². The molecule has 1 aromatic rings. The van der Waals surface area contributed by atoms with Crippen molar-refractivity contribution in [3.05, 3.63) is 22.8 Å². The fraction of sp³-hybridized carbons (Fsp3) is 0.500. The molecule has 0 saturated carbocycles. The Kier molecular flexibility index (Phi) is 2.09. The van der Waals surface area contributed by atoms with E-state index in [-0.39, 0.29) is 0 Å². The molecule has 0 amide bonds. The highest BCUT2D eigenvalue weighted by Gasteiger charge is 2.33. The summed E-state index contributed by atoms with van der Waals surface area (Å²) < 4.78 is 0. The Morgan fingerprint density at radius 1 is 1.47 bits per heavy atom. The molecule has 0 aliphatic carbocycles. The predicted octanol–water partition coefficient (Wildman–Crippen LogP) is 0.672. The van der Waals surface area contributed by atoms with Gasteiger partial charge in [0.05, 0.1) is 6.17 Å². The van der Waals surface area contributed by atoms with Gasteiger partial charge in [-0.15, -0.1) is 0 Å². The van der Waals surface area contributed by atoms with Gasteiger partial charge in [-0.25, -0.2) is 4.98 Å². The minimum absolute atomic E-state index is 0.340. The second kappa shape index (κ2) is 3.33. The van der Waals surface area contributed by atoms with Gasteiger partial charge < -0.3 is 11.1 Å². The van der Waals surface area contributed by atoms with Gasteiger partial charge in [-0.1, -0.05) is 17.7 Å². The lowest BCUT2D eigenvalue weighted by Gasteiger charge is -2.41. The molecule has 2 aliphatic rings. The summed E-state index contributed by atoms with van der Waals surface area (Å²) in [5.74, 6) is 0.924.